The average molecular weight is 259 g/mol. The van der Waals surface area contributed by atoms with Crippen molar-refractivity contribution in [3.8, 4) is 5.75 Å². The highest BCUT2D eigenvalue weighted by molar-refractivity contribution is 5.37. The van der Waals surface area contributed by atoms with E-state index in [1.54, 1.807) is 0 Å². The van der Waals surface area contributed by atoms with Gasteiger partial charge in [0.25, 0.3) is 0 Å². The number of fused-ring (bicyclic) bond motifs is 1. The summed E-state index contributed by atoms with van der Waals surface area (Å²) >= 11 is 0. The van der Waals surface area contributed by atoms with Crippen molar-refractivity contribution in [3.05, 3.63) is 29.3 Å². The van der Waals surface area contributed by atoms with Crippen LogP contribution in [0.25, 0.3) is 0 Å². The van der Waals surface area contributed by atoms with E-state index in [2.05, 4.69) is 0 Å². The first-order valence-electron chi connectivity index (χ1n) is 6.01. The van der Waals surface area contributed by atoms with E-state index in [-0.39, 0.29) is 0 Å². The molecule has 5 heteroatoms. The third kappa shape index (κ3) is 3.38. The molecule has 0 N–H and O–H groups in total. The lowest BCUT2D eigenvalue weighted by atomic mass is 9.99. The van der Waals surface area contributed by atoms with Crippen molar-refractivity contribution < 1.29 is 17.9 Å². The number of nitrogens with zero attached hydrogens (tertiary/aromatic N) is 1. The van der Waals surface area contributed by atoms with Crippen molar-refractivity contribution in [2.45, 2.75) is 26.1 Å². The third-order valence-electron chi connectivity index (χ3n) is 2.98. The quantitative estimate of drug-likeness (QED) is 0.827. The third-order valence-corrected chi connectivity index (χ3v) is 2.98. The molecule has 100 valence electrons. The minimum Gasteiger partial charge on any atom is -0.494 e. The predicted molar refractivity (Wildman–Crippen MR) is 62.6 cm³/mol. The van der Waals surface area contributed by atoms with E-state index < -0.39 is 12.7 Å². The van der Waals surface area contributed by atoms with Crippen molar-refractivity contribution in [3.63, 3.8) is 0 Å². The molecule has 0 spiro atoms. The van der Waals surface area contributed by atoms with Gasteiger partial charge in [0.2, 0.25) is 0 Å². The van der Waals surface area contributed by atoms with Gasteiger partial charge in [-0.1, -0.05) is 6.07 Å². The number of ether oxygens (including phenoxy) is 1. The Balaban J connectivity index is 2.06. The van der Waals surface area contributed by atoms with Crippen LogP contribution in [-0.4, -0.2) is 30.8 Å². The predicted octanol–water partition coefficient (Wildman–Crippen LogP) is 3.01. The van der Waals surface area contributed by atoms with Crippen LogP contribution in [0.4, 0.5) is 13.2 Å². The van der Waals surface area contributed by atoms with Crippen molar-refractivity contribution in [1.29, 1.82) is 0 Å². The van der Waals surface area contributed by atoms with Crippen molar-refractivity contribution in [2.24, 2.45) is 0 Å². The molecule has 0 amide bonds. The summed E-state index contributed by atoms with van der Waals surface area (Å²) in [6.45, 7) is 2.48. The first-order valence-corrected chi connectivity index (χ1v) is 6.01. The van der Waals surface area contributed by atoms with Gasteiger partial charge in [-0.3, -0.25) is 4.90 Å². The van der Waals surface area contributed by atoms with Gasteiger partial charge in [0.15, 0.2) is 0 Å². The maximum Gasteiger partial charge on any atom is 0.401 e. The largest absolute Gasteiger partial charge is 0.494 e. The minimum atomic E-state index is -4.12. The van der Waals surface area contributed by atoms with Crippen molar-refractivity contribution in [1.82, 2.24) is 4.90 Å². The van der Waals surface area contributed by atoms with Gasteiger partial charge < -0.3 is 4.74 Å². The summed E-state index contributed by atoms with van der Waals surface area (Å²) in [6.07, 6.45) is -3.48. The van der Waals surface area contributed by atoms with Gasteiger partial charge in [0.05, 0.1) is 13.2 Å². The van der Waals surface area contributed by atoms with Crippen LogP contribution in [-0.2, 0) is 13.0 Å². The highest BCUT2D eigenvalue weighted by Crippen LogP contribution is 2.26. The van der Waals surface area contributed by atoms with Crippen LogP contribution in [0.2, 0.25) is 0 Å². The number of hydrogen-bond acceptors (Lipinski definition) is 2. The molecule has 1 aliphatic rings. The second-order valence-electron chi connectivity index (χ2n) is 4.44. The monoisotopic (exact) mass is 259 g/mol. The standard InChI is InChI=1S/C13H16F3NO/c1-2-18-12-4-3-11-8-17(9-13(14,15)16)6-5-10(11)7-12/h3-4,7H,2,5-6,8-9H2,1H3. The lowest BCUT2D eigenvalue weighted by Gasteiger charge is -2.29. The number of hydrogen-bond donors (Lipinski definition) is 0. The molecule has 1 aromatic rings. The maximum absolute atomic E-state index is 12.3. The summed E-state index contributed by atoms with van der Waals surface area (Å²) in [5.74, 6) is 0.792. The average Bonchev–Trinajstić information content (AvgIpc) is 2.27. The summed E-state index contributed by atoms with van der Waals surface area (Å²) in [5, 5.41) is 0. The van der Waals surface area contributed by atoms with Crippen molar-refractivity contribution in [2.75, 3.05) is 19.7 Å². The van der Waals surface area contributed by atoms with E-state index in [9.17, 15) is 13.2 Å². The van der Waals surface area contributed by atoms with Crippen molar-refractivity contribution >= 4 is 0 Å². The molecule has 0 bridgehead atoms. The molecule has 2 rings (SSSR count). The van der Waals surface area contributed by atoms with Gasteiger partial charge in [-0.05, 0) is 36.6 Å². The fourth-order valence-corrected chi connectivity index (χ4v) is 2.23. The zero-order valence-corrected chi connectivity index (χ0v) is 10.3. The van der Waals surface area contributed by atoms with Gasteiger partial charge in [0, 0.05) is 13.1 Å². The Labute approximate surface area is 104 Å². The number of alkyl halides is 3. The summed E-state index contributed by atoms with van der Waals surface area (Å²) < 4.78 is 42.3. The highest BCUT2D eigenvalue weighted by atomic mass is 19.4. The van der Waals surface area contributed by atoms with Crippen LogP contribution in [0.1, 0.15) is 18.1 Å². The second-order valence-corrected chi connectivity index (χ2v) is 4.44. The van der Waals surface area contributed by atoms with Crippen LogP contribution < -0.4 is 4.74 Å². The van der Waals surface area contributed by atoms with Gasteiger partial charge in [-0.2, -0.15) is 13.2 Å². The summed E-state index contributed by atoms with van der Waals surface area (Å²) in [5.41, 5.74) is 2.06. The molecule has 0 saturated carbocycles. The number of halogens is 3. The second kappa shape index (κ2) is 5.18. The molecule has 0 radical (unpaired) electrons. The fourth-order valence-electron chi connectivity index (χ4n) is 2.23. The smallest absolute Gasteiger partial charge is 0.401 e. The summed E-state index contributed by atoms with van der Waals surface area (Å²) in [6, 6.07) is 5.62. The molecule has 0 saturated heterocycles. The van der Waals surface area contributed by atoms with E-state index in [1.807, 2.05) is 25.1 Å². The molecule has 1 aromatic carbocycles. The van der Waals surface area contributed by atoms with Crippen LogP contribution in [0.5, 0.6) is 5.75 Å². The van der Waals surface area contributed by atoms with Crippen LogP contribution in [0, 0.1) is 0 Å². The molecule has 0 atom stereocenters. The summed E-state index contributed by atoms with van der Waals surface area (Å²) in [4.78, 5) is 1.43. The lowest BCUT2D eigenvalue weighted by molar-refractivity contribution is -0.147. The van der Waals surface area contributed by atoms with Gasteiger partial charge in [-0.15, -0.1) is 0 Å². The molecular weight excluding hydrogens is 243 g/mol. The SMILES string of the molecule is CCOc1ccc2c(c1)CCN(CC(F)(F)F)C2. The van der Waals surface area contributed by atoms with E-state index in [0.717, 1.165) is 16.9 Å². The molecular formula is C13H16F3NO. The van der Waals surface area contributed by atoms with Crippen LogP contribution >= 0.6 is 0 Å². The molecule has 0 fully saturated rings. The molecule has 0 unspecified atom stereocenters. The molecule has 0 aliphatic carbocycles. The van der Waals surface area contributed by atoms with Crippen LogP contribution in [0.15, 0.2) is 18.2 Å². The van der Waals surface area contributed by atoms with E-state index >= 15 is 0 Å². The molecule has 1 heterocycles. The molecule has 18 heavy (non-hydrogen) atoms. The molecule has 1 aliphatic heterocycles. The van der Waals surface area contributed by atoms with Crippen LogP contribution in [0.3, 0.4) is 0 Å². The Kier molecular flexibility index (Phi) is 3.80. The van der Waals surface area contributed by atoms with Gasteiger partial charge in [-0.25, -0.2) is 0 Å². The summed E-state index contributed by atoms with van der Waals surface area (Å²) in [7, 11) is 0. The van der Waals surface area contributed by atoms with Gasteiger partial charge in [0.1, 0.15) is 5.75 Å². The van der Waals surface area contributed by atoms with Gasteiger partial charge >= 0.3 is 6.18 Å². The highest BCUT2D eigenvalue weighted by Gasteiger charge is 2.32. The number of rotatable bonds is 3. The van der Waals surface area contributed by atoms with E-state index in [0.29, 0.717) is 26.1 Å². The molecule has 2 nitrogen and oxygen atoms in total. The zero-order chi connectivity index (χ0) is 13.2. The minimum absolute atomic E-state index is 0.362. The van der Waals surface area contributed by atoms with E-state index in [4.69, 9.17) is 4.74 Å². The Hall–Kier alpha value is -1.23. The first-order chi connectivity index (χ1) is 8.48. The fraction of sp³-hybridized carbons (Fsp3) is 0.538. The Morgan fingerprint density at radius 3 is 2.72 bits per heavy atom. The topological polar surface area (TPSA) is 12.5 Å². The Morgan fingerprint density at radius 2 is 2.06 bits per heavy atom. The first kappa shape index (κ1) is 13.2. The Morgan fingerprint density at radius 1 is 1.28 bits per heavy atom. The lowest BCUT2D eigenvalue weighted by Crippen LogP contribution is -2.37. The normalized spacial score (nSPS) is 16.4. The van der Waals surface area contributed by atoms with E-state index in [1.165, 1.54) is 4.90 Å². The maximum atomic E-state index is 12.3. The number of benzene rings is 1. The zero-order valence-electron chi connectivity index (χ0n) is 10.3. The molecule has 0 aromatic heterocycles. The Bertz CT molecular complexity index is 417.